The Morgan fingerprint density at radius 2 is 2.23 bits per heavy atom. The van der Waals surface area contributed by atoms with Crippen LogP contribution in [0.4, 0.5) is 4.79 Å². The lowest BCUT2D eigenvalue weighted by molar-refractivity contribution is 0.0167. The van der Waals surface area contributed by atoms with Crippen molar-refractivity contribution in [2.45, 2.75) is 31.5 Å². The topological polar surface area (TPSA) is 62.6 Å². The Morgan fingerprint density at radius 3 is 2.95 bits per heavy atom. The van der Waals surface area contributed by atoms with E-state index in [2.05, 4.69) is 26.1 Å². The maximum Gasteiger partial charge on any atom is 0.316 e. The predicted octanol–water partition coefficient (Wildman–Crippen LogP) is 0.690. The molecule has 1 N–H and O–H groups in total. The zero-order valence-corrected chi connectivity index (χ0v) is 13.4. The predicted molar refractivity (Wildman–Crippen MR) is 82.6 cm³/mol. The lowest BCUT2D eigenvalue weighted by atomic mass is 10.0. The van der Waals surface area contributed by atoms with Crippen molar-refractivity contribution >= 4 is 6.03 Å². The SMILES string of the molecule is CN(C)C(=O)NC[C@H]1CN(C2CCOCC2)Cc2ccnn21. The van der Waals surface area contributed by atoms with Crippen LogP contribution < -0.4 is 5.32 Å². The van der Waals surface area contributed by atoms with Crippen molar-refractivity contribution in [3.05, 3.63) is 18.0 Å². The van der Waals surface area contributed by atoms with Crippen LogP contribution in [0.5, 0.6) is 0 Å². The summed E-state index contributed by atoms with van der Waals surface area (Å²) in [5, 5.41) is 7.42. The van der Waals surface area contributed by atoms with Gasteiger partial charge in [-0.15, -0.1) is 0 Å². The van der Waals surface area contributed by atoms with E-state index >= 15 is 0 Å². The molecule has 7 nitrogen and oxygen atoms in total. The molecule has 0 bridgehead atoms. The van der Waals surface area contributed by atoms with Crippen molar-refractivity contribution in [1.29, 1.82) is 0 Å². The van der Waals surface area contributed by atoms with E-state index in [0.29, 0.717) is 12.6 Å². The minimum Gasteiger partial charge on any atom is -0.381 e. The van der Waals surface area contributed by atoms with Crippen LogP contribution in [0.1, 0.15) is 24.6 Å². The summed E-state index contributed by atoms with van der Waals surface area (Å²) in [4.78, 5) is 15.9. The Labute approximate surface area is 131 Å². The highest BCUT2D eigenvalue weighted by atomic mass is 16.5. The molecule has 0 unspecified atom stereocenters. The lowest BCUT2D eigenvalue weighted by Gasteiger charge is -2.40. The van der Waals surface area contributed by atoms with Crippen LogP contribution in [0, 0.1) is 0 Å². The van der Waals surface area contributed by atoms with Crippen molar-refractivity contribution in [2.75, 3.05) is 40.4 Å². The molecule has 2 aliphatic rings. The molecule has 2 amide bonds. The van der Waals surface area contributed by atoms with E-state index < -0.39 is 0 Å². The molecular formula is C15H25N5O2. The highest BCUT2D eigenvalue weighted by Gasteiger charge is 2.31. The van der Waals surface area contributed by atoms with E-state index in [4.69, 9.17) is 4.74 Å². The summed E-state index contributed by atoms with van der Waals surface area (Å²) in [7, 11) is 3.51. The average molecular weight is 307 g/mol. The van der Waals surface area contributed by atoms with Crippen molar-refractivity contribution < 1.29 is 9.53 Å². The Bertz CT molecular complexity index is 510. The summed E-state index contributed by atoms with van der Waals surface area (Å²) in [5.41, 5.74) is 1.22. The second-order valence-corrected chi connectivity index (χ2v) is 6.27. The summed E-state index contributed by atoms with van der Waals surface area (Å²) in [5.74, 6) is 0. The van der Waals surface area contributed by atoms with Gasteiger partial charge in [0.1, 0.15) is 0 Å². The van der Waals surface area contributed by atoms with E-state index in [1.807, 2.05) is 6.20 Å². The van der Waals surface area contributed by atoms with Gasteiger partial charge in [0, 0.05) is 59.2 Å². The first kappa shape index (κ1) is 15.3. The number of rotatable bonds is 3. The number of hydrogen-bond acceptors (Lipinski definition) is 4. The van der Waals surface area contributed by atoms with Gasteiger partial charge in [-0.3, -0.25) is 9.58 Å². The van der Waals surface area contributed by atoms with Gasteiger partial charge in [0.25, 0.3) is 0 Å². The summed E-state index contributed by atoms with van der Waals surface area (Å²) in [6.45, 7) is 4.16. The van der Waals surface area contributed by atoms with Crippen LogP contribution in [-0.4, -0.2) is 72.1 Å². The first-order valence-corrected chi connectivity index (χ1v) is 7.94. The third-order valence-corrected chi connectivity index (χ3v) is 4.51. The molecule has 1 saturated heterocycles. The summed E-state index contributed by atoms with van der Waals surface area (Å²) in [6, 6.07) is 2.78. The number of ether oxygens (including phenoxy) is 1. The van der Waals surface area contributed by atoms with Crippen molar-refractivity contribution in [3.63, 3.8) is 0 Å². The summed E-state index contributed by atoms with van der Waals surface area (Å²) in [6.07, 6.45) is 4.03. The molecule has 1 aromatic heterocycles. The molecule has 22 heavy (non-hydrogen) atoms. The maximum atomic E-state index is 11.8. The first-order chi connectivity index (χ1) is 10.6. The van der Waals surface area contributed by atoms with Gasteiger partial charge < -0.3 is 15.0 Å². The second kappa shape index (κ2) is 6.66. The molecule has 0 aliphatic carbocycles. The van der Waals surface area contributed by atoms with E-state index in [0.717, 1.165) is 39.1 Å². The Kier molecular flexibility index (Phi) is 4.63. The van der Waals surface area contributed by atoms with Gasteiger partial charge in [0.2, 0.25) is 0 Å². The maximum absolute atomic E-state index is 11.8. The molecule has 3 rings (SSSR count). The number of aromatic nitrogens is 2. The third kappa shape index (κ3) is 3.25. The van der Waals surface area contributed by atoms with Gasteiger partial charge in [0.15, 0.2) is 0 Å². The number of nitrogens with one attached hydrogen (secondary N) is 1. The fourth-order valence-electron chi connectivity index (χ4n) is 3.26. The van der Waals surface area contributed by atoms with Gasteiger partial charge >= 0.3 is 6.03 Å². The zero-order valence-electron chi connectivity index (χ0n) is 13.4. The number of carbonyl (C=O) groups excluding carboxylic acids is 1. The van der Waals surface area contributed by atoms with Crippen LogP contribution in [0.25, 0.3) is 0 Å². The molecule has 1 aromatic rings. The van der Waals surface area contributed by atoms with Crippen LogP contribution in [-0.2, 0) is 11.3 Å². The van der Waals surface area contributed by atoms with Crippen molar-refractivity contribution in [1.82, 2.24) is 24.9 Å². The number of urea groups is 1. The van der Waals surface area contributed by atoms with E-state index in [-0.39, 0.29) is 12.1 Å². The summed E-state index contributed by atoms with van der Waals surface area (Å²) < 4.78 is 7.53. The molecule has 3 heterocycles. The number of fused-ring (bicyclic) bond motifs is 1. The smallest absolute Gasteiger partial charge is 0.316 e. The standard InChI is InChI=1S/C15H25N5O2/c1-18(2)15(21)16-9-14-11-19(12-4-7-22-8-5-12)10-13-3-6-17-20(13)14/h3,6,12,14H,4-5,7-11H2,1-2H3,(H,16,21)/t14-/m0/s1. The van der Waals surface area contributed by atoms with Crippen LogP contribution in [0.3, 0.4) is 0 Å². The van der Waals surface area contributed by atoms with Gasteiger partial charge in [-0.05, 0) is 18.9 Å². The number of nitrogens with zero attached hydrogens (tertiary/aromatic N) is 4. The number of carbonyl (C=O) groups is 1. The van der Waals surface area contributed by atoms with E-state index in [1.54, 1.807) is 19.0 Å². The first-order valence-electron chi connectivity index (χ1n) is 7.94. The summed E-state index contributed by atoms with van der Waals surface area (Å²) >= 11 is 0. The number of amides is 2. The Balaban J connectivity index is 1.67. The van der Waals surface area contributed by atoms with Crippen molar-refractivity contribution in [3.8, 4) is 0 Å². The second-order valence-electron chi connectivity index (χ2n) is 6.27. The van der Waals surface area contributed by atoms with Crippen LogP contribution >= 0.6 is 0 Å². The molecule has 1 fully saturated rings. The molecule has 0 spiro atoms. The lowest BCUT2D eigenvalue weighted by Crippen LogP contribution is -2.49. The van der Waals surface area contributed by atoms with Crippen LogP contribution in [0.2, 0.25) is 0 Å². The highest BCUT2D eigenvalue weighted by molar-refractivity contribution is 5.73. The van der Waals surface area contributed by atoms with Gasteiger partial charge in [-0.1, -0.05) is 0 Å². The normalized spacial score (nSPS) is 23.1. The van der Waals surface area contributed by atoms with E-state index in [9.17, 15) is 4.79 Å². The zero-order chi connectivity index (χ0) is 15.5. The van der Waals surface area contributed by atoms with Gasteiger partial charge in [-0.2, -0.15) is 5.10 Å². The molecule has 0 saturated carbocycles. The fourth-order valence-corrected chi connectivity index (χ4v) is 3.26. The minimum absolute atomic E-state index is 0.0584. The van der Waals surface area contributed by atoms with Crippen molar-refractivity contribution in [2.24, 2.45) is 0 Å². The molecule has 0 aromatic carbocycles. The monoisotopic (exact) mass is 307 g/mol. The fraction of sp³-hybridized carbons (Fsp3) is 0.733. The van der Waals surface area contributed by atoms with Crippen LogP contribution in [0.15, 0.2) is 12.3 Å². The molecule has 122 valence electrons. The highest BCUT2D eigenvalue weighted by Crippen LogP contribution is 2.25. The third-order valence-electron chi connectivity index (χ3n) is 4.51. The van der Waals surface area contributed by atoms with E-state index in [1.165, 1.54) is 5.69 Å². The largest absolute Gasteiger partial charge is 0.381 e. The molecular weight excluding hydrogens is 282 g/mol. The number of hydrogen-bond donors (Lipinski definition) is 1. The quantitative estimate of drug-likeness (QED) is 0.892. The average Bonchev–Trinajstić information content (AvgIpc) is 3.01. The molecule has 0 radical (unpaired) electrons. The molecule has 7 heteroatoms. The minimum atomic E-state index is -0.0584. The van der Waals surface area contributed by atoms with Gasteiger partial charge in [-0.25, -0.2) is 4.79 Å². The Morgan fingerprint density at radius 1 is 1.45 bits per heavy atom. The molecule has 2 aliphatic heterocycles. The Hall–Kier alpha value is -1.60. The van der Waals surface area contributed by atoms with Gasteiger partial charge in [0.05, 0.1) is 11.7 Å². The molecule has 1 atom stereocenters.